The summed E-state index contributed by atoms with van der Waals surface area (Å²) in [6, 6.07) is 45.4. The molecule has 0 bridgehead atoms. The fourth-order valence-corrected chi connectivity index (χ4v) is 5.84. The zero-order valence-electron chi connectivity index (χ0n) is 20.6. The van der Waals surface area contributed by atoms with Crippen molar-refractivity contribution in [1.82, 2.24) is 14.1 Å². The number of para-hydroxylation sites is 2. The summed E-state index contributed by atoms with van der Waals surface area (Å²) in [5, 5.41) is 6.29. The molecule has 0 aliphatic rings. The summed E-state index contributed by atoms with van der Waals surface area (Å²) >= 11 is 0. The average Bonchev–Trinajstić information content (AvgIpc) is 3.56. The maximum absolute atomic E-state index is 4.59. The maximum atomic E-state index is 4.59. The monoisotopic (exact) mass is 485 g/mol. The molecule has 0 saturated carbocycles. The largest absolute Gasteiger partial charge is 0.317 e. The van der Waals surface area contributed by atoms with E-state index in [1.165, 1.54) is 49.2 Å². The van der Waals surface area contributed by atoms with Gasteiger partial charge >= 0.3 is 0 Å². The smallest absolute Gasteiger partial charge is 0.0702 e. The van der Waals surface area contributed by atoms with Gasteiger partial charge in [-0.25, -0.2) is 0 Å². The molecule has 0 unspecified atom stereocenters. The van der Waals surface area contributed by atoms with Gasteiger partial charge in [-0.3, -0.25) is 4.98 Å². The molecule has 3 heteroatoms. The number of hydrogen-bond acceptors (Lipinski definition) is 1. The van der Waals surface area contributed by atoms with E-state index >= 15 is 0 Å². The van der Waals surface area contributed by atoms with Crippen molar-refractivity contribution < 1.29 is 0 Å². The van der Waals surface area contributed by atoms with E-state index in [1.54, 1.807) is 0 Å². The van der Waals surface area contributed by atoms with Crippen LogP contribution in [0.15, 0.2) is 140 Å². The molecule has 5 aromatic carbocycles. The van der Waals surface area contributed by atoms with Gasteiger partial charge < -0.3 is 9.13 Å². The van der Waals surface area contributed by atoms with Crippen LogP contribution in [0.5, 0.6) is 0 Å². The van der Waals surface area contributed by atoms with Gasteiger partial charge in [-0.05, 0) is 77.5 Å². The number of fused-ring (bicyclic) bond motifs is 6. The molecule has 0 aliphatic heterocycles. The van der Waals surface area contributed by atoms with E-state index in [0.29, 0.717) is 0 Å². The molecule has 8 rings (SSSR count). The topological polar surface area (TPSA) is 22.8 Å². The highest BCUT2D eigenvalue weighted by molar-refractivity contribution is 6.18. The molecule has 0 aliphatic carbocycles. The molecule has 0 fully saturated rings. The number of pyridine rings is 1. The Kier molecular flexibility index (Phi) is 4.52. The second kappa shape index (κ2) is 8.19. The van der Waals surface area contributed by atoms with E-state index in [1.807, 2.05) is 18.3 Å². The van der Waals surface area contributed by atoms with E-state index in [2.05, 4.69) is 136 Å². The first-order valence-electron chi connectivity index (χ1n) is 12.9. The summed E-state index contributed by atoms with van der Waals surface area (Å²) in [4.78, 5) is 4.59. The van der Waals surface area contributed by atoms with Crippen LogP contribution in [0.2, 0.25) is 0 Å². The molecule has 3 nitrogen and oxygen atoms in total. The molecule has 0 spiro atoms. The van der Waals surface area contributed by atoms with Crippen molar-refractivity contribution in [3.8, 4) is 22.6 Å². The predicted octanol–water partition coefficient (Wildman–Crippen LogP) is 8.94. The van der Waals surface area contributed by atoms with Gasteiger partial charge in [0.1, 0.15) is 0 Å². The van der Waals surface area contributed by atoms with Crippen LogP contribution in [-0.2, 0) is 0 Å². The third kappa shape index (κ3) is 3.12. The molecule has 0 radical (unpaired) electrons. The summed E-state index contributed by atoms with van der Waals surface area (Å²) in [5.74, 6) is 0. The summed E-state index contributed by atoms with van der Waals surface area (Å²) in [6.07, 6.45) is 4.02. The molecule has 0 N–H and O–H groups in total. The molecular weight excluding hydrogens is 462 g/mol. The SMILES string of the molecule is c1ccc(-n2ccc3c4cc5c(cc4ccc32)c2ccccc2n5-c2cccc(-c3ccccn3)c2)cc1. The fraction of sp³-hybridized carbons (Fsp3) is 0. The second-order valence-electron chi connectivity index (χ2n) is 9.73. The van der Waals surface area contributed by atoms with E-state index < -0.39 is 0 Å². The van der Waals surface area contributed by atoms with Gasteiger partial charge in [0, 0.05) is 45.5 Å². The minimum Gasteiger partial charge on any atom is -0.317 e. The van der Waals surface area contributed by atoms with Gasteiger partial charge in [-0.15, -0.1) is 0 Å². The fourth-order valence-electron chi connectivity index (χ4n) is 5.84. The molecule has 178 valence electrons. The maximum Gasteiger partial charge on any atom is 0.0702 e. The van der Waals surface area contributed by atoms with E-state index in [4.69, 9.17) is 0 Å². The highest BCUT2D eigenvalue weighted by atomic mass is 15.0. The van der Waals surface area contributed by atoms with Crippen molar-refractivity contribution >= 4 is 43.5 Å². The van der Waals surface area contributed by atoms with Crippen molar-refractivity contribution in [3.63, 3.8) is 0 Å². The van der Waals surface area contributed by atoms with E-state index in [9.17, 15) is 0 Å². The van der Waals surface area contributed by atoms with Gasteiger partial charge in [-0.1, -0.05) is 60.7 Å². The van der Waals surface area contributed by atoms with Crippen molar-refractivity contribution in [2.75, 3.05) is 0 Å². The van der Waals surface area contributed by atoms with Gasteiger partial charge in [0.15, 0.2) is 0 Å². The first-order valence-corrected chi connectivity index (χ1v) is 12.9. The zero-order valence-corrected chi connectivity index (χ0v) is 20.6. The summed E-state index contributed by atoms with van der Waals surface area (Å²) in [6.45, 7) is 0. The molecule has 38 heavy (non-hydrogen) atoms. The third-order valence-corrected chi connectivity index (χ3v) is 7.58. The minimum atomic E-state index is 0.976. The van der Waals surface area contributed by atoms with Crippen LogP contribution >= 0.6 is 0 Å². The van der Waals surface area contributed by atoms with Crippen LogP contribution in [0.3, 0.4) is 0 Å². The minimum absolute atomic E-state index is 0.976. The molecular formula is C35H23N3. The molecule has 0 atom stereocenters. The molecule has 0 saturated heterocycles. The van der Waals surface area contributed by atoms with Gasteiger partial charge in [0.25, 0.3) is 0 Å². The first-order chi connectivity index (χ1) is 18.8. The van der Waals surface area contributed by atoms with E-state index in [0.717, 1.165) is 16.9 Å². The van der Waals surface area contributed by atoms with Crippen molar-refractivity contribution in [1.29, 1.82) is 0 Å². The summed E-state index contributed by atoms with van der Waals surface area (Å²) in [7, 11) is 0. The number of hydrogen-bond donors (Lipinski definition) is 0. The van der Waals surface area contributed by atoms with E-state index in [-0.39, 0.29) is 0 Å². The van der Waals surface area contributed by atoms with Crippen LogP contribution in [-0.4, -0.2) is 14.1 Å². The molecule has 3 aromatic heterocycles. The van der Waals surface area contributed by atoms with Gasteiger partial charge in [-0.2, -0.15) is 0 Å². The Morgan fingerprint density at radius 1 is 0.474 bits per heavy atom. The van der Waals surface area contributed by atoms with Crippen LogP contribution < -0.4 is 0 Å². The first kappa shape index (κ1) is 21.0. The Labute approximate surface area is 219 Å². The molecule has 0 amide bonds. The quantitative estimate of drug-likeness (QED) is 0.245. The van der Waals surface area contributed by atoms with Gasteiger partial charge in [0.2, 0.25) is 0 Å². The average molecular weight is 486 g/mol. The van der Waals surface area contributed by atoms with Crippen LogP contribution in [0.25, 0.3) is 66.1 Å². The summed E-state index contributed by atoms with van der Waals surface area (Å²) < 4.78 is 4.66. The van der Waals surface area contributed by atoms with Crippen LogP contribution in [0, 0.1) is 0 Å². The van der Waals surface area contributed by atoms with Crippen molar-refractivity contribution in [2.45, 2.75) is 0 Å². The Morgan fingerprint density at radius 3 is 2.18 bits per heavy atom. The Balaban J connectivity index is 1.43. The second-order valence-corrected chi connectivity index (χ2v) is 9.73. The Morgan fingerprint density at radius 2 is 1.29 bits per heavy atom. The Bertz CT molecular complexity index is 2120. The number of aromatic nitrogens is 3. The lowest BCUT2D eigenvalue weighted by molar-refractivity contribution is 1.13. The van der Waals surface area contributed by atoms with Crippen molar-refractivity contribution in [2.24, 2.45) is 0 Å². The van der Waals surface area contributed by atoms with Gasteiger partial charge in [0.05, 0.1) is 22.2 Å². The lowest BCUT2D eigenvalue weighted by Crippen LogP contribution is -1.95. The lowest BCUT2D eigenvalue weighted by atomic mass is 10.0. The van der Waals surface area contributed by atoms with Crippen LogP contribution in [0.4, 0.5) is 0 Å². The third-order valence-electron chi connectivity index (χ3n) is 7.58. The highest BCUT2D eigenvalue weighted by Gasteiger charge is 2.15. The molecule has 8 aromatic rings. The standard InChI is InChI=1S/C35H23N3/c1-2-10-26(11-3-1)37-20-18-29-30-23-35-31(22-24(30)16-17-33(29)37)28-13-4-5-15-34(28)38(35)27-12-8-9-25(21-27)32-14-6-7-19-36-32/h1-23H. The normalized spacial score (nSPS) is 11.7. The number of rotatable bonds is 3. The summed E-state index contributed by atoms with van der Waals surface area (Å²) in [5.41, 5.74) is 8.01. The highest BCUT2D eigenvalue weighted by Crippen LogP contribution is 2.38. The lowest BCUT2D eigenvalue weighted by Gasteiger charge is -2.11. The van der Waals surface area contributed by atoms with Crippen LogP contribution in [0.1, 0.15) is 0 Å². The predicted molar refractivity (Wildman–Crippen MR) is 158 cm³/mol. The number of nitrogens with zero attached hydrogens (tertiary/aromatic N) is 3. The Hall–Kier alpha value is -5.15. The number of benzene rings is 5. The van der Waals surface area contributed by atoms with Crippen molar-refractivity contribution in [3.05, 3.63) is 140 Å². The zero-order chi connectivity index (χ0) is 25.1. The molecule has 3 heterocycles.